The number of hydrogen-bond acceptors (Lipinski definition) is 4. The molecule has 0 fully saturated rings. The molecule has 0 radical (unpaired) electrons. The maximum Gasteiger partial charge on any atom is 0.331 e. The van der Waals surface area contributed by atoms with Gasteiger partial charge in [-0.05, 0) is 24.3 Å². The van der Waals surface area contributed by atoms with E-state index in [0.29, 0.717) is 6.54 Å². The Kier molecular flexibility index (Phi) is 3.84. The predicted octanol–water partition coefficient (Wildman–Crippen LogP) is 3.01. The number of rotatable bonds is 5. The molecule has 0 bridgehead atoms. The molecule has 2 aliphatic heterocycles. The lowest BCUT2D eigenvalue weighted by molar-refractivity contribution is -0.143. The van der Waals surface area contributed by atoms with E-state index in [0.717, 1.165) is 16.9 Å². The van der Waals surface area contributed by atoms with Gasteiger partial charge in [0, 0.05) is 23.9 Å². The van der Waals surface area contributed by atoms with Crippen LogP contribution in [0.3, 0.4) is 0 Å². The first-order chi connectivity index (χ1) is 12.7. The molecule has 0 spiro atoms. The molecule has 5 nitrogen and oxygen atoms in total. The van der Waals surface area contributed by atoms with Crippen LogP contribution in [0.1, 0.15) is 5.56 Å². The summed E-state index contributed by atoms with van der Waals surface area (Å²) in [6, 6.07) is 17.0. The highest BCUT2D eigenvalue weighted by Crippen LogP contribution is 2.46. The number of nitrogens with one attached hydrogen (secondary N) is 1. The largest absolute Gasteiger partial charge is 0.451 e. The number of para-hydroxylation sites is 2. The summed E-state index contributed by atoms with van der Waals surface area (Å²) in [7, 11) is 0. The van der Waals surface area contributed by atoms with Crippen molar-refractivity contribution < 1.29 is 14.3 Å². The van der Waals surface area contributed by atoms with Gasteiger partial charge in [-0.2, -0.15) is 0 Å². The minimum absolute atomic E-state index is 0.174. The van der Waals surface area contributed by atoms with E-state index in [9.17, 15) is 9.59 Å². The Morgan fingerprint density at radius 1 is 1.12 bits per heavy atom. The summed E-state index contributed by atoms with van der Waals surface area (Å²) in [5.41, 5.74) is 1.12. The number of amides is 1. The molecule has 2 atom stereocenters. The van der Waals surface area contributed by atoms with Crippen molar-refractivity contribution in [2.24, 2.45) is 0 Å². The molecule has 0 saturated heterocycles. The third-order valence-corrected chi connectivity index (χ3v) is 4.71. The molecule has 2 heterocycles. The molecule has 2 aromatic carbocycles. The summed E-state index contributed by atoms with van der Waals surface area (Å²) in [6.45, 7) is 4.13. The van der Waals surface area contributed by atoms with E-state index in [2.05, 4.69) is 11.9 Å². The Morgan fingerprint density at radius 2 is 1.85 bits per heavy atom. The minimum atomic E-state index is -1.22. The molecule has 0 aliphatic carbocycles. The van der Waals surface area contributed by atoms with E-state index in [1.807, 2.05) is 54.6 Å². The predicted molar refractivity (Wildman–Crippen MR) is 99.8 cm³/mol. The van der Waals surface area contributed by atoms with Crippen molar-refractivity contribution in [1.29, 1.82) is 0 Å². The molecule has 2 aromatic rings. The van der Waals surface area contributed by atoms with Gasteiger partial charge in [0.25, 0.3) is 5.91 Å². The highest BCUT2D eigenvalue weighted by Gasteiger charge is 2.57. The molecule has 130 valence electrons. The molecular formula is C21H18N2O3. The number of esters is 1. The van der Waals surface area contributed by atoms with Crippen LogP contribution < -0.4 is 10.2 Å². The molecule has 2 aliphatic rings. The number of carbonyl (C=O) groups is 2. The second-order valence-electron chi connectivity index (χ2n) is 6.24. The lowest BCUT2D eigenvalue weighted by Crippen LogP contribution is -2.54. The van der Waals surface area contributed by atoms with Crippen LogP contribution in [0, 0.1) is 0 Å². The van der Waals surface area contributed by atoms with Crippen molar-refractivity contribution >= 4 is 23.3 Å². The van der Waals surface area contributed by atoms with Gasteiger partial charge in [0.2, 0.25) is 0 Å². The molecule has 4 rings (SSSR count). The van der Waals surface area contributed by atoms with Crippen LogP contribution >= 0.6 is 0 Å². The fraction of sp³-hybridized carbons (Fsp3) is 0.143. The molecule has 1 amide bonds. The Balaban J connectivity index is 1.90. The van der Waals surface area contributed by atoms with Gasteiger partial charge in [0.1, 0.15) is 0 Å². The zero-order valence-corrected chi connectivity index (χ0v) is 14.1. The van der Waals surface area contributed by atoms with E-state index in [1.165, 1.54) is 6.08 Å². The molecule has 5 heteroatoms. The number of carbonyl (C=O) groups excluding carboxylic acids is 2. The van der Waals surface area contributed by atoms with E-state index in [-0.39, 0.29) is 5.91 Å². The maximum atomic E-state index is 13.6. The van der Waals surface area contributed by atoms with Crippen LogP contribution in [0.4, 0.5) is 11.4 Å². The van der Waals surface area contributed by atoms with Crippen molar-refractivity contribution in [3.8, 4) is 0 Å². The average molecular weight is 346 g/mol. The summed E-state index contributed by atoms with van der Waals surface area (Å²) >= 11 is 0. The lowest BCUT2D eigenvalue weighted by atomic mass is 9.85. The van der Waals surface area contributed by atoms with Gasteiger partial charge in [0.05, 0.1) is 5.69 Å². The van der Waals surface area contributed by atoms with Crippen LogP contribution in [-0.4, -0.2) is 24.5 Å². The molecule has 0 unspecified atom stereocenters. The summed E-state index contributed by atoms with van der Waals surface area (Å²) in [4.78, 5) is 27.0. The topological polar surface area (TPSA) is 58.6 Å². The van der Waals surface area contributed by atoms with Crippen LogP contribution in [0.25, 0.3) is 0 Å². The van der Waals surface area contributed by atoms with E-state index in [4.69, 9.17) is 4.74 Å². The average Bonchev–Trinajstić information content (AvgIpc) is 3.19. The first-order valence-electron chi connectivity index (χ1n) is 8.41. The SMILES string of the molecule is C=CCN1C(=O)[C@@](Nc2ccccc2)([C@@H]2C=CC(=O)O2)c2ccccc21. The van der Waals surface area contributed by atoms with Crippen molar-refractivity contribution in [3.63, 3.8) is 0 Å². The third kappa shape index (κ3) is 2.32. The number of benzene rings is 2. The quantitative estimate of drug-likeness (QED) is 0.668. The number of nitrogens with zero attached hydrogens (tertiary/aromatic N) is 1. The molecule has 26 heavy (non-hydrogen) atoms. The van der Waals surface area contributed by atoms with Gasteiger partial charge in [-0.3, -0.25) is 4.79 Å². The molecule has 1 N–H and O–H groups in total. The number of cyclic esters (lactones) is 1. The minimum Gasteiger partial charge on any atom is -0.451 e. The zero-order chi connectivity index (χ0) is 18.1. The highest BCUT2D eigenvalue weighted by atomic mass is 16.5. The fourth-order valence-electron chi connectivity index (χ4n) is 3.61. The van der Waals surface area contributed by atoms with E-state index in [1.54, 1.807) is 17.1 Å². The second-order valence-corrected chi connectivity index (χ2v) is 6.24. The molecule has 0 aromatic heterocycles. The van der Waals surface area contributed by atoms with Gasteiger partial charge in [-0.15, -0.1) is 6.58 Å². The fourth-order valence-corrected chi connectivity index (χ4v) is 3.61. The van der Waals surface area contributed by atoms with Crippen LogP contribution in [0.15, 0.2) is 79.4 Å². The van der Waals surface area contributed by atoms with Crippen molar-refractivity contribution in [2.75, 3.05) is 16.8 Å². The third-order valence-electron chi connectivity index (χ3n) is 4.71. The number of anilines is 2. The van der Waals surface area contributed by atoms with Gasteiger partial charge in [-0.1, -0.05) is 42.5 Å². The Labute approximate surface area is 151 Å². The summed E-state index contributed by atoms with van der Waals surface area (Å²) in [5, 5.41) is 3.36. The second kappa shape index (κ2) is 6.19. The standard InChI is InChI=1S/C21H18N2O3/c1-2-14-23-17-11-7-6-10-16(17)21(20(23)25,18-12-13-19(24)26-18)22-15-8-4-3-5-9-15/h2-13,18,22H,1,14H2/t18-,21-/m0/s1. The summed E-state index contributed by atoms with van der Waals surface area (Å²) in [6.07, 6.45) is 3.96. The van der Waals surface area contributed by atoms with Crippen molar-refractivity contribution in [2.45, 2.75) is 11.6 Å². The Morgan fingerprint density at radius 3 is 2.54 bits per heavy atom. The first kappa shape index (κ1) is 16.1. The van der Waals surface area contributed by atoms with Crippen LogP contribution in [0.5, 0.6) is 0 Å². The van der Waals surface area contributed by atoms with Gasteiger partial charge >= 0.3 is 5.97 Å². The maximum absolute atomic E-state index is 13.6. The highest BCUT2D eigenvalue weighted by molar-refractivity contribution is 6.11. The van der Waals surface area contributed by atoms with Crippen molar-refractivity contribution in [3.05, 3.63) is 85.0 Å². The molecular weight excluding hydrogens is 328 g/mol. The van der Waals surface area contributed by atoms with Crippen LogP contribution in [0.2, 0.25) is 0 Å². The summed E-state index contributed by atoms with van der Waals surface area (Å²) in [5.74, 6) is -0.622. The van der Waals surface area contributed by atoms with Crippen LogP contribution in [-0.2, 0) is 19.9 Å². The van der Waals surface area contributed by atoms with E-state index < -0.39 is 17.6 Å². The Bertz CT molecular complexity index is 906. The number of fused-ring (bicyclic) bond motifs is 1. The Hall–Kier alpha value is -3.34. The van der Waals surface area contributed by atoms with Gasteiger partial charge < -0.3 is 15.0 Å². The van der Waals surface area contributed by atoms with Gasteiger partial charge in [0.15, 0.2) is 11.6 Å². The first-order valence-corrected chi connectivity index (χ1v) is 8.41. The number of hydrogen-bond donors (Lipinski definition) is 1. The summed E-state index contributed by atoms with van der Waals surface area (Å²) < 4.78 is 5.49. The zero-order valence-electron chi connectivity index (χ0n) is 14.1. The van der Waals surface area contributed by atoms with Gasteiger partial charge in [-0.25, -0.2) is 4.79 Å². The van der Waals surface area contributed by atoms with Crippen molar-refractivity contribution in [1.82, 2.24) is 0 Å². The monoisotopic (exact) mass is 346 g/mol. The smallest absolute Gasteiger partial charge is 0.331 e. The lowest BCUT2D eigenvalue weighted by Gasteiger charge is -2.34. The molecule has 0 saturated carbocycles. The van der Waals surface area contributed by atoms with E-state index >= 15 is 0 Å². The normalized spacial score (nSPS) is 23.7. The number of ether oxygens (including phenoxy) is 1.